The van der Waals surface area contributed by atoms with Gasteiger partial charge >= 0.3 is 0 Å². The molecule has 0 aliphatic heterocycles. The summed E-state index contributed by atoms with van der Waals surface area (Å²) in [5.74, 6) is -0.243. The van der Waals surface area contributed by atoms with Crippen LogP contribution in [0.15, 0.2) is 36.4 Å². The standard InChI is InChI=1S/C11H9FO/c12-11-3-1-2-9-5-4-8(7-13)6-10(9)11/h1-6,13H,7H2. The smallest absolute Gasteiger partial charge is 0.131 e. The predicted octanol–water partition coefficient (Wildman–Crippen LogP) is 2.47. The van der Waals surface area contributed by atoms with Crippen LogP contribution in [0.1, 0.15) is 5.56 Å². The molecule has 2 aromatic rings. The maximum Gasteiger partial charge on any atom is 0.131 e. The van der Waals surface area contributed by atoms with Gasteiger partial charge in [0.1, 0.15) is 5.82 Å². The first-order valence-electron chi connectivity index (χ1n) is 4.09. The molecule has 13 heavy (non-hydrogen) atoms. The average molecular weight is 176 g/mol. The first-order chi connectivity index (χ1) is 6.31. The number of hydrogen-bond acceptors (Lipinski definition) is 1. The quantitative estimate of drug-likeness (QED) is 0.707. The van der Waals surface area contributed by atoms with Gasteiger partial charge in [-0.2, -0.15) is 0 Å². The number of halogens is 1. The van der Waals surface area contributed by atoms with Gasteiger partial charge in [-0.05, 0) is 23.1 Å². The first kappa shape index (κ1) is 8.20. The van der Waals surface area contributed by atoms with E-state index in [1.165, 1.54) is 6.07 Å². The van der Waals surface area contributed by atoms with E-state index in [2.05, 4.69) is 0 Å². The third-order valence-electron chi connectivity index (χ3n) is 2.08. The normalized spacial score (nSPS) is 10.6. The van der Waals surface area contributed by atoms with E-state index in [1.54, 1.807) is 18.2 Å². The molecule has 0 saturated heterocycles. The van der Waals surface area contributed by atoms with Crippen LogP contribution in [0.3, 0.4) is 0 Å². The van der Waals surface area contributed by atoms with Crippen LogP contribution in [0.4, 0.5) is 4.39 Å². The van der Waals surface area contributed by atoms with Crippen molar-refractivity contribution in [1.29, 1.82) is 0 Å². The van der Waals surface area contributed by atoms with Crippen LogP contribution in [-0.2, 0) is 6.61 Å². The lowest BCUT2D eigenvalue weighted by molar-refractivity contribution is 0.282. The number of benzene rings is 2. The van der Waals surface area contributed by atoms with Gasteiger partial charge in [0.25, 0.3) is 0 Å². The summed E-state index contributed by atoms with van der Waals surface area (Å²) >= 11 is 0. The van der Waals surface area contributed by atoms with Crippen molar-refractivity contribution in [2.24, 2.45) is 0 Å². The molecule has 0 unspecified atom stereocenters. The molecular weight excluding hydrogens is 167 g/mol. The summed E-state index contributed by atoms with van der Waals surface area (Å²) in [5.41, 5.74) is 0.734. The van der Waals surface area contributed by atoms with Crippen molar-refractivity contribution in [1.82, 2.24) is 0 Å². The van der Waals surface area contributed by atoms with Crippen LogP contribution in [0.25, 0.3) is 10.8 Å². The molecule has 1 nitrogen and oxygen atoms in total. The molecule has 0 amide bonds. The minimum atomic E-state index is -0.243. The van der Waals surface area contributed by atoms with E-state index in [0.717, 1.165) is 10.9 Å². The highest BCUT2D eigenvalue weighted by Crippen LogP contribution is 2.18. The Balaban J connectivity index is 2.74. The number of hydrogen-bond donors (Lipinski definition) is 1. The lowest BCUT2D eigenvalue weighted by Gasteiger charge is -2.01. The second kappa shape index (κ2) is 3.15. The molecule has 0 radical (unpaired) electrons. The minimum Gasteiger partial charge on any atom is -0.392 e. The van der Waals surface area contributed by atoms with E-state index in [9.17, 15) is 4.39 Å². The second-order valence-corrected chi connectivity index (χ2v) is 2.95. The number of fused-ring (bicyclic) bond motifs is 1. The summed E-state index contributed by atoms with van der Waals surface area (Å²) in [6.07, 6.45) is 0. The molecule has 0 spiro atoms. The Labute approximate surface area is 75.4 Å². The van der Waals surface area contributed by atoms with Crippen LogP contribution in [0, 0.1) is 5.82 Å². The summed E-state index contributed by atoms with van der Waals surface area (Å²) in [6.45, 7) is -0.0513. The third-order valence-corrected chi connectivity index (χ3v) is 2.08. The van der Waals surface area contributed by atoms with E-state index in [4.69, 9.17) is 5.11 Å². The molecule has 1 N–H and O–H groups in total. The Kier molecular flexibility index (Phi) is 1.99. The first-order valence-corrected chi connectivity index (χ1v) is 4.09. The predicted molar refractivity (Wildman–Crippen MR) is 49.8 cm³/mol. The summed E-state index contributed by atoms with van der Waals surface area (Å²) in [6, 6.07) is 10.2. The molecule has 0 aliphatic carbocycles. The second-order valence-electron chi connectivity index (χ2n) is 2.95. The topological polar surface area (TPSA) is 20.2 Å². The van der Waals surface area contributed by atoms with Gasteiger partial charge in [-0.1, -0.05) is 24.3 Å². The largest absolute Gasteiger partial charge is 0.392 e. The fourth-order valence-corrected chi connectivity index (χ4v) is 1.38. The van der Waals surface area contributed by atoms with Gasteiger partial charge in [0, 0.05) is 5.39 Å². The van der Waals surface area contributed by atoms with E-state index < -0.39 is 0 Å². The van der Waals surface area contributed by atoms with Crippen LogP contribution in [0.2, 0.25) is 0 Å². The Hall–Kier alpha value is -1.41. The Morgan fingerprint density at radius 1 is 1.15 bits per heavy atom. The van der Waals surface area contributed by atoms with Crippen molar-refractivity contribution in [3.8, 4) is 0 Å². The molecule has 2 aromatic carbocycles. The van der Waals surface area contributed by atoms with Gasteiger partial charge in [0.15, 0.2) is 0 Å². The molecule has 2 heteroatoms. The summed E-state index contributed by atoms with van der Waals surface area (Å²) in [4.78, 5) is 0. The molecule has 0 bridgehead atoms. The van der Waals surface area contributed by atoms with E-state index in [1.807, 2.05) is 12.1 Å². The van der Waals surface area contributed by atoms with Gasteiger partial charge in [-0.25, -0.2) is 4.39 Å². The molecule has 66 valence electrons. The highest BCUT2D eigenvalue weighted by atomic mass is 19.1. The molecule has 0 fully saturated rings. The number of rotatable bonds is 1. The average Bonchev–Trinajstić information content (AvgIpc) is 2.18. The summed E-state index contributed by atoms with van der Waals surface area (Å²) in [7, 11) is 0. The zero-order valence-corrected chi connectivity index (χ0v) is 7.00. The van der Waals surface area contributed by atoms with Crippen molar-refractivity contribution in [3.63, 3.8) is 0 Å². The summed E-state index contributed by atoms with van der Waals surface area (Å²) in [5, 5.41) is 10.3. The van der Waals surface area contributed by atoms with E-state index in [-0.39, 0.29) is 12.4 Å². The molecule has 0 aromatic heterocycles. The minimum absolute atomic E-state index is 0.0513. The third kappa shape index (κ3) is 1.40. The molecule has 0 heterocycles. The number of aliphatic hydroxyl groups excluding tert-OH is 1. The highest BCUT2D eigenvalue weighted by Gasteiger charge is 1.99. The maximum atomic E-state index is 13.2. The van der Waals surface area contributed by atoms with Gasteiger partial charge in [-0.3, -0.25) is 0 Å². The fourth-order valence-electron chi connectivity index (χ4n) is 1.38. The zero-order valence-electron chi connectivity index (χ0n) is 7.00. The lowest BCUT2D eigenvalue weighted by Crippen LogP contribution is -1.84. The van der Waals surface area contributed by atoms with Crippen molar-refractivity contribution in [3.05, 3.63) is 47.8 Å². The van der Waals surface area contributed by atoms with E-state index in [0.29, 0.717) is 5.39 Å². The molecule has 2 rings (SSSR count). The van der Waals surface area contributed by atoms with Crippen LogP contribution in [-0.4, -0.2) is 5.11 Å². The Bertz CT molecular complexity index is 437. The molecular formula is C11H9FO. The molecule has 0 atom stereocenters. The fraction of sp³-hybridized carbons (Fsp3) is 0.0909. The highest BCUT2D eigenvalue weighted by molar-refractivity contribution is 5.83. The number of aliphatic hydroxyl groups is 1. The van der Waals surface area contributed by atoms with Crippen molar-refractivity contribution < 1.29 is 9.50 Å². The van der Waals surface area contributed by atoms with Crippen molar-refractivity contribution in [2.45, 2.75) is 6.61 Å². The van der Waals surface area contributed by atoms with Gasteiger partial charge in [0.05, 0.1) is 6.61 Å². The zero-order chi connectivity index (χ0) is 9.26. The summed E-state index contributed by atoms with van der Waals surface area (Å²) < 4.78 is 13.2. The van der Waals surface area contributed by atoms with Crippen LogP contribution in [0.5, 0.6) is 0 Å². The molecule has 0 saturated carbocycles. The van der Waals surface area contributed by atoms with Gasteiger partial charge < -0.3 is 5.11 Å². The van der Waals surface area contributed by atoms with Crippen molar-refractivity contribution >= 4 is 10.8 Å². The van der Waals surface area contributed by atoms with Gasteiger partial charge in [0.2, 0.25) is 0 Å². The monoisotopic (exact) mass is 176 g/mol. The Morgan fingerprint density at radius 3 is 2.77 bits per heavy atom. The SMILES string of the molecule is OCc1ccc2cccc(F)c2c1. The molecule has 0 aliphatic rings. The lowest BCUT2D eigenvalue weighted by atomic mass is 10.1. The van der Waals surface area contributed by atoms with Crippen LogP contribution < -0.4 is 0 Å². The Morgan fingerprint density at radius 2 is 2.00 bits per heavy atom. The van der Waals surface area contributed by atoms with Crippen LogP contribution >= 0.6 is 0 Å². The maximum absolute atomic E-state index is 13.2. The van der Waals surface area contributed by atoms with E-state index >= 15 is 0 Å². The van der Waals surface area contributed by atoms with Crippen molar-refractivity contribution in [2.75, 3.05) is 0 Å². The van der Waals surface area contributed by atoms with Gasteiger partial charge in [-0.15, -0.1) is 0 Å².